The molecule has 3 aromatic rings. The molecule has 0 fully saturated rings. The molecule has 1 aliphatic heterocycles. The van der Waals surface area contributed by atoms with Crippen molar-refractivity contribution < 1.29 is 31.9 Å². The number of anilines is 1. The Balaban J connectivity index is 1.46. The zero-order chi connectivity index (χ0) is 23.8. The predicted molar refractivity (Wildman–Crippen MR) is 124 cm³/mol. The molecule has 174 valence electrons. The summed E-state index contributed by atoms with van der Waals surface area (Å²) in [6.07, 6.45) is 0.525. The number of ketones is 1. The Labute approximate surface area is 192 Å². The quantitative estimate of drug-likeness (QED) is 0.363. The van der Waals surface area contributed by atoms with E-state index in [1.165, 1.54) is 4.31 Å². The summed E-state index contributed by atoms with van der Waals surface area (Å²) in [5, 5.41) is 0.740. The van der Waals surface area contributed by atoms with Gasteiger partial charge in [-0.25, -0.2) is 13.2 Å². The highest BCUT2D eigenvalue weighted by Gasteiger charge is 2.29. The van der Waals surface area contributed by atoms with Gasteiger partial charge < -0.3 is 13.9 Å². The summed E-state index contributed by atoms with van der Waals surface area (Å²) >= 11 is 0. The van der Waals surface area contributed by atoms with E-state index in [4.69, 9.17) is 13.9 Å². The van der Waals surface area contributed by atoms with Crippen LogP contribution in [0.15, 0.2) is 40.8 Å². The average molecular weight is 472 g/mol. The lowest BCUT2D eigenvalue weighted by Crippen LogP contribution is -2.30. The topological polar surface area (TPSA) is 103 Å². The van der Waals surface area contributed by atoms with Crippen molar-refractivity contribution in [3.63, 3.8) is 0 Å². The minimum Gasteiger partial charge on any atom is -0.494 e. The third-order valence-corrected chi connectivity index (χ3v) is 7.47. The summed E-state index contributed by atoms with van der Waals surface area (Å²) < 4.78 is 42.2. The molecule has 0 saturated heterocycles. The van der Waals surface area contributed by atoms with Gasteiger partial charge in [-0.05, 0) is 69.2 Å². The first kappa shape index (κ1) is 22.8. The fourth-order valence-corrected chi connectivity index (χ4v) is 5.08. The number of sulfonamides is 1. The Morgan fingerprint density at radius 3 is 2.64 bits per heavy atom. The van der Waals surface area contributed by atoms with E-state index in [-0.39, 0.29) is 17.3 Å². The molecule has 1 aliphatic rings. The number of benzene rings is 2. The van der Waals surface area contributed by atoms with Crippen molar-refractivity contribution in [2.45, 2.75) is 27.2 Å². The van der Waals surface area contributed by atoms with Crippen molar-refractivity contribution in [2.24, 2.45) is 0 Å². The lowest BCUT2D eigenvalue weighted by atomic mass is 10.1. The van der Waals surface area contributed by atoms with Crippen LogP contribution in [0.3, 0.4) is 0 Å². The van der Waals surface area contributed by atoms with E-state index in [1.54, 1.807) is 50.2 Å². The highest BCUT2D eigenvalue weighted by atomic mass is 32.2. The smallest absolute Gasteiger partial charge is 0.375 e. The third kappa shape index (κ3) is 4.32. The molecule has 2 heterocycles. The number of rotatable bonds is 8. The van der Waals surface area contributed by atoms with Crippen LogP contribution in [0, 0.1) is 6.92 Å². The maximum atomic E-state index is 12.6. The predicted octanol–water partition coefficient (Wildman–Crippen LogP) is 3.89. The molecule has 0 bridgehead atoms. The van der Waals surface area contributed by atoms with Gasteiger partial charge in [0.25, 0.3) is 0 Å². The van der Waals surface area contributed by atoms with E-state index >= 15 is 0 Å². The SMILES string of the molecule is CCOc1ccc2oc(C(=O)OCC(=O)c3ccc4c(c3)CCN4S(=O)(=O)CC)c(C)c2c1. The van der Waals surface area contributed by atoms with Crippen molar-refractivity contribution in [1.82, 2.24) is 0 Å². The van der Waals surface area contributed by atoms with E-state index < -0.39 is 22.6 Å². The van der Waals surface area contributed by atoms with Gasteiger partial charge in [0.1, 0.15) is 11.3 Å². The Morgan fingerprint density at radius 2 is 1.91 bits per heavy atom. The summed E-state index contributed by atoms with van der Waals surface area (Å²) in [5.74, 6) is -0.379. The standard InChI is InChI=1S/C24H25NO7S/c1-4-30-18-7-9-22-19(13-18)15(3)23(32-22)24(27)31-14-21(26)17-6-8-20-16(12-17)10-11-25(20)33(28,29)5-2/h6-9,12-13H,4-5,10-11,14H2,1-3H3. The Kier molecular flexibility index (Phi) is 6.16. The van der Waals surface area contributed by atoms with Crippen LogP contribution in [0.1, 0.15) is 45.9 Å². The average Bonchev–Trinajstić information content (AvgIpc) is 3.39. The first-order valence-electron chi connectivity index (χ1n) is 10.7. The molecule has 33 heavy (non-hydrogen) atoms. The minimum absolute atomic E-state index is 0.0111. The first-order valence-corrected chi connectivity index (χ1v) is 12.4. The van der Waals surface area contributed by atoms with Crippen LogP contribution in [0.25, 0.3) is 11.0 Å². The van der Waals surface area contributed by atoms with Crippen LogP contribution in [0.4, 0.5) is 5.69 Å². The highest BCUT2D eigenvalue weighted by Crippen LogP contribution is 2.32. The molecule has 0 spiro atoms. The molecule has 0 N–H and O–H groups in total. The van der Waals surface area contributed by atoms with Crippen molar-refractivity contribution >= 4 is 38.4 Å². The molecule has 4 rings (SSSR count). The second-order valence-corrected chi connectivity index (χ2v) is 9.89. The number of hydrogen-bond donors (Lipinski definition) is 0. The molecule has 0 aliphatic carbocycles. The molecule has 9 heteroatoms. The first-order chi connectivity index (χ1) is 15.7. The second-order valence-electron chi connectivity index (χ2n) is 7.71. The second kappa shape index (κ2) is 8.90. The number of hydrogen-bond acceptors (Lipinski definition) is 7. The van der Waals surface area contributed by atoms with Gasteiger partial charge in [-0.3, -0.25) is 9.10 Å². The van der Waals surface area contributed by atoms with E-state index in [9.17, 15) is 18.0 Å². The minimum atomic E-state index is -3.36. The highest BCUT2D eigenvalue weighted by molar-refractivity contribution is 7.92. The number of fused-ring (bicyclic) bond motifs is 2. The lowest BCUT2D eigenvalue weighted by molar-refractivity contribution is 0.0445. The van der Waals surface area contributed by atoms with Crippen LogP contribution in [0.2, 0.25) is 0 Å². The van der Waals surface area contributed by atoms with Gasteiger partial charge in [0.2, 0.25) is 15.8 Å². The van der Waals surface area contributed by atoms with Gasteiger partial charge in [0.15, 0.2) is 12.4 Å². The normalized spacial score (nSPS) is 13.2. The molecule has 0 unspecified atom stereocenters. The molecular weight excluding hydrogens is 446 g/mol. The molecule has 0 saturated carbocycles. The molecule has 2 aromatic carbocycles. The van der Waals surface area contributed by atoms with Gasteiger partial charge in [0.05, 0.1) is 18.0 Å². The lowest BCUT2D eigenvalue weighted by Gasteiger charge is -2.18. The van der Waals surface area contributed by atoms with Gasteiger partial charge in [-0.15, -0.1) is 0 Å². The zero-order valence-electron chi connectivity index (χ0n) is 18.7. The third-order valence-electron chi connectivity index (χ3n) is 5.69. The molecule has 8 nitrogen and oxygen atoms in total. The van der Waals surface area contributed by atoms with Crippen LogP contribution in [0.5, 0.6) is 5.75 Å². The number of carbonyl (C=O) groups excluding carboxylic acids is 2. The van der Waals surface area contributed by atoms with Crippen LogP contribution >= 0.6 is 0 Å². The monoisotopic (exact) mass is 471 g/mol. The van der Waals surface area contributed by atoms with Gasteiger partial charge in [-0.2, -0.15) is 0 Å². The number of ether oxygens (including phenoxy) is 2. The summed E-state index contributed by atoms with van der Waals surface area (Å²) in [6, 6.07) is 10.1. The molecular formula is C24H25NO7S. The molecule has 0 radical (unpaired) electrons. The van der Waals surface area contributed by atoms with Crippen molar-refractivity contribution in [1.29, 1.82) is 0 Å². The van der Waals surface area contributed by atoms with E-state index in [2.05, 4.69) is 0 Å². The van der Waals surface area contributed by atoms with E-state index in [0.29, 0.717) is 47.7 Å². The summed E-state index contributed by atoms with van der Waals surface area (Å²) in [4.78, 5) is 25.2. The summed E-state index contributed by atoms with van der Waals surface area (Å²) in [7, 11) is -3.36. The van der Waals surface area contributed by atoms with Crippen LogP contribution in [-0.4, -0.2) is 45.7 Å². The number of nitrogens with zero attached hydrogens (tertiary/aromatic N) is 1. The molecule has 0 atom stereocenters. The van der Waals surface area contributed by atoms with Crippen LogP contribution in [-0.2, 0) is 21.2 Å². The zero-order valence-corrected chi connectivity index (χ0v) is 19.5. The van der Waals surface area contributed by atoms with E-state index in [1.807, 2.05) is 6.92 Å². The Morgan fingerprint density at radius 1 is 1.12 bits per heavy atom. The van der Waals surface area contributed by atoms with Crippen molar-refractivity contribution in [3.05, 3.63) is 58.8 Å². The van der Waals surface area contributed by atoms with Gasteiger partial charge in [0, 0.05) is 23.1 Å². The molecule has 1 aromatic heterocycles. The molecule has 0 amide bonds. The number of esters is 1. The largest absolute Gasteiger partial charge is 0.494 e. The van der Waals surface area contributed by atoms with Crippen LogP contribution < -0.4 is 9.04 Å². The number of Topliss-reactive ketones (excluding diaryl/α,β-unsaturated/α-hetero) is 1. The number of furan rings is 1. The van der Waals surface area contributed by atoms with Gasteiger partial charge >= 0.3 is 5.97 Å². The Bertz CT molecular complexity index is 1340. The van der Waals surface area contributed by atoms with Gasteiger partial charge in [-0.1, -0.05) is 0 Å². The Hall–Kier alpha value is -3.33. The fourth-order valence-electron chi connectivity index (χ4n) is 3.92. The van der Waals surface area contributed by atoms with Crippen molar-refractivity contribution in [3.8, 4) is 5.75 Å². The fraction of sp³-hybridized carbons (Fsp3) is 0.333. The maximum absolute atomic E-state index is 12.6. The van der Waals surface area contributed by atoms with Crippen molar-refractivity contribution in [2.75, 3.05) is 29.8 Å². The number of aryl methyl sites for hydroxylation is 1. The van der Waals surface area contributed by atoms with E-state index in [0.717, 1.165) is 10.9 Å². The maximum Gasteiger partial charge on any atom is 0.375 e. The number of carbonyl (C=O) groups is 2. The summed E-state index contributed by atoms with van der Waals surface area (Å²) in [5.41, 5.74) is 2.87. The summed E-state index contributed by atoms with van der Waals surface area (Å²) in [6.45, 7) is 5.66.